The predicted molar refractivity (Wildman–Crippen MR) is 127 cm³/mol. The second-order valence-corrected chi connectivity index (χ2v) is 10.1. The van der Waals surface area contributed by atoms with E-state index in [2.05, 4.69) is 58.5 Å². The molecular formula is C27H40N4. The van der Waals surface area contributed by atoms with E-state index in [1.807, 2.05) is 0 Å². The molecule has 0 radical (unpaired) electrons. The number of rotatable bonds is 8. The molecule has 1 heterocycles. The molecule has 0 spiro atoms. The maximum Gasteiger partial charge on any atom is 0.203 e. The Labute approximate surface area is 188 Å². The Bertz CT molecular complexity index is 770. The van der Waals surface area contributed by atoms with Crippen molar-refractivity contribution >= 4 is 0 Å². The number of hydrogen-bond donors (Lipinski definition) is 0. The van der Waals surface area contributed by atoms with Crippen LogP contribution in [-0.4, -0.2) is 20.4 Å². The predicted octanol–water partition coefficient (Wildman–Crippen LogP) is 7.47. The Morgan fingerprint density at radius 2 is 1.23 bits per heavy atom. The molecule has 2 saturated carbocycles. The average Bonchev–Trinajstić information content (AvgIpc) is 2.84. The van der Waals surface area contributed by atoms with Gasteiger partial charge in [-0.3, -0.25) is 0 Å². The van der Waals surface area contributed by atoms with Crippen LogP contribution in [0.25, 0.3) is 11.4 Å². The third-order valence-corrected chi connectivity index (χ3v) is 7.86. The summed E-state index contributed by atoms with van der Waals surface area (Å²) in [5, 5.41) is 17.8. The Morgan fingerprint density at radius 3 is 1.81 bits per heavy atom. The molecule has 2 fully saturated rings. The van der Waals surface area contributed by atoms with E-state index in [1.165, 1.54) is 89.0 Å². The molecule has 0 bridgehead atoms. The summed E-state index contributed by atoms with van der Waals surface area (Å²) in [5.41, 5.74) is 2.50. The zero-order valence-electron chi connectivity index (χ0n) is 19.6. The molecule has 0 saturated heterocycles. The lowest BCUT2D eigenvalue weighted by atomic mass is 9.77. The molecule has 1 aromatic carbocycles. The first kappa shape index (κ1) is 22.4. The summed E-state index contributed by atoms with van der Waals surface area (Å²) in [6.45, 7) is 4.58. The quantitative estimate of drug-likeness (QED) is 0.444. The molecule has 4 rings (SSSR count). The Hall–Kier alpha value is -1.84. The van der Waals surface area contributed by atoms with Crippen molar-refractivity contribution in [3.05, 3.63) is 35.7 Å². The Kier molecular flexibility index (Phi) is 8.04. The molecule has 2 aliphatic rings. The zero-order chi connectivity index (χ0) is 21.5. The van der Waals surface area contributed by atoms with Crippen molar-refractivity contribution in [1.82, 2.24) is 20.4 Å². The summed E-state index contributed by atoms with van der Waals surface area (Å²) in [6.07, 6.45) is 17.2. The number of nitrogens with zero attached hydrogens (tertiary/aromatic N) is 4. The number of unbranched alkanes of at least 4 members (excludes halogenated alkanes) is 1. The van der Waals surface area contributed by atoms with E-state index in [-0.39, 0.29) is 0 Å². The average molecular weight is 421 g/mol. The molecule has 0 aliphatic heterocycles. The Morgan fingerprint density at radius 1 is 0.645 bits per heavy atom. The first-order valence-electron chi connectivity index (χ1n) is 12.9. The highest BCUT2D eigenvalue weighted by Crippen LogP contribution is 2.38. The van der Waals surface area contributed by atoms with Crippen LogP contribution in [0.5, 0.6) is 0 Å². The van der Waals surface area contributed by atoms with Crippen LogP contribution in [0.2, 0.25) is 0 Å². The molecule has 0 N–H and O–H groups in total. The number of hydrogen-bond acceptors (Lipinski definition) is 4. The lowest BCUT2D eigenvalue weighted by Crippen LogP contribution is -2.16. The van der Waals surface area contributed by atoms with Crippen molar-refractivity contribution in [2.24, 2.45) is 11.8 Å². The highest BCUT2D eigenvalue weighted by molar-refractivity contribution is 5.54. The minimum Gasteiger partial charge on any atom is -0.131 e. The molecule has 0 atom stereocenters. The SMILES string of the molecule is CCCC[C@H]1CC[C@H](c2ccc(-c3nnc([C@H]4CC[C@H](CCC)CC4)nn3)cc2)CC1. The van der Waals surface area contributed by atoms with E-state index < -0.39 is 0 Å². The first-order valence-corrected chi connectivity index (χ1v) is 12.9. The summed E-state index contributed by atoms with van der Waals surface area (Å²) < 4.78 is 0. The smallest absolute Gasteiger partial charge is 0.131 e. The molecule has 2 aliphatic carbocycles. The van der Waals surface area contributed by atoms with Crippen LogP contribution in [-0.2, 0) is 0 Å². The van der Waals surface area contributed by atoms with Crippen molar-refractivity contribution in [1.29, 1.82) is 0 Å². The van der Waals surface area contributed by atoms with Gasteiger partial charge in [0.2, 0.25) is 5.82 Å². The van der Waals surface area contributed by atoms with E-state index >= 15 is 0 Å². The lowest BCUT2D eigenvalue weighted by Gasteiger charge is -2.28. The second kappa shape index (κ2) is 11.2. The monoisotopic (exact) mass is 420 g/mol. The van der Waals surface area contributed by atoms with Crippen molar-refractivity contribution in [2.75, 3.05) is 0 Å². The fourth-order valence-electron chi connectivity index (χ4n) is 5.82. The highest BCUT2D eigenvalue weighted by atomic mass is 15.3. The van der Waals surface area contributed by atoms with Crippen molar-refractivity contribution in [3.8, 4) is 11.4 Å². The minimum atomic E-state index is 0.442. The summed E-state index contributed by atoms with van der Waals surface area (Å²) in [5.74, 6) is 4.51. The van der Waals surface area contributed by atoms with Crippen LogP contribution in [0.15, 0.2) is 24.3 Å². The maximum absolute atomic E-state index is 4.47. The molecule has 4 nitrogen and oxygen atoms in total. The van der Waals surface area contributed by atoms with Crippen LogP contribution in [0.1, 0.15) is 121 Å². The second-order valence-electron chi connectivity index (χ2n) is 10.1. The molecule has 0 amide bonds. The van der Waals surface area contributed by atoms with Crippen LogP contribution in [0, 0.1) is 11.8 Å². The minimum absolute atomic E-state index is 0.442. The molecule has 2 aromatic rings. The van der Waals surface area contributed by atoms with Crippen molar-refractivity contribution < 1.29 is 0 Å². The molecule has 4 heteroatoms. The van der Waals surface area contributed by atoms with Gasteiger partial charge in [-0.05, 0) is 74.7 Å². The number of aromatic nitrogens is 4. The fraction of sp³-hybridized carbons (Fsp3) is 0.704. The fourth-order valence-corrected chi connectivity index (χ4v) is 5.82. The largest absolute Gasteiger partial charge is 0.203 e. The summed E-state index contributed by atoms with van der Waals surface area (Å²) in [7, 11) is 0. The van der Waals surface area contributed by atoms with Gasteiger partial charge in [-0.15, -0.1) is 20.4 Å². The van der Waals surface area contributed by atoms with Gasteiger partial charge in [-0.1, -0.05) is 70.2 Å². The molecule has 0 unspecified atom stereocenters. The lowest BCUT2D eigenvalue weighted by molar-refractivity contribution is 0.300. The zero-order valence-corrected chi connectivity index (χ0v) is 19.6. The van der Waals surface area contributed by atoms with Gasteiger partial charge < -0.3 is 0 Å². The van der Waals surface area contributed by atoms with Crippen LogP contribution in [0.3, 0.4) is 0 Å². The third-order valence-electron chi connectivity index (χ3n) is 7.86. The van der Waals surface area contributed by atoms with Gasteiger partial charge in [-0.25, -0.2) is 0 Å². The van der Waals surface area contributed by atoms with Gasteiger partial charge in [-0.2, -0.15) is 0 Å². The van der Waals surface area contributed by atoms with Gasteiger partial charge >= 0.3 is 0 Å². The van der Waals surface area contributed by atoms with Crippen LogP contribution >= 0.6 is 0 Å². The van der Waals surface area contributed by atoms with E-state index in [0.29, 0.717) is 17.7 Å². The molecule has 1 aromatic heterocycles. The molecular weight excluding hydrogens is 380 g/mol. The van der Waals surface area contributed by atoms with E-state index in [4.69, 9.17) is 0 Å². The third kappa shape index (κ3) is 5.90. The van der Waals surface area contributed by atoms with E-state index in [0.717, 1.165) is 23.2 Å². The van der Waals surface area contributed by atoms with Crippen LogP contribution in [0.4, 0.5) is 0 Å². The van der Waals surface area contributed by atoms with E-state index in [9.17, 15) is 0 Å². The standard InChI is InChI=1S/C27H40N4/c1-3-5-7-21-8-12-22(13-9-21)23-16-18-25(19-17-23)27-30-28-26(29-31-27)24-14-10-20(6-4-2)11-15-24/h16-22,24H,3-15H2,1-2H3/t20-,21-,22-,24-. The molecule has 168 valence electrons. The maximum atomic E-state index is 4.47. The van der Waals surface area contributed by atoms with Gasteiger partial charge in [0.15, 0.2) is 5.82 Å². The van der Waals surface area contributed by atoms with Crippen molar-refractivity contribution in [2.45, 2.75) is 109 Å². The Balaban J connectivity index is 1.31. The summed E-state index contributed by atoms with van der Waals surface area (Å²) in [6, 6.07) is 8.87. The van der Waals surface area contributed by atoms with Gasteiger partial charge in [0.25, 0.3) is 0 Å². The topological polar surface area (TPSA) is 51.6 Å². The van der Waals surface area contributed by atoms with Gasteiger partial charge in [0.05, 0.1) is 0 Å². The summed E-state index contributed by atoms with van der Waals surface area (Å²) in [4.78, 5) is 0. The summed E-state index contributed by atoms with van der Waals surface area (Å²) >= 11 is 0. The molecule has 31 heavy (non-hydrogen) atoms. The normalized spacial score (nSPS) is 26.6. The first-order chi connectivity index (χ1) is 15.3. The van der Waals surface area contributed by atoms with Crippen molar-refractivity contribution in [3.63, 3.8) is 0 Å². The number of benzene rings is 1. The van der Waals surface area contributed by atoms with Crippen LogP contribution < -0.4 is 0 Å². The van der Waals surface area contributed by atoms with E-state index in [1.54, 1.807) is 0 Å². The highest BCUT2D eigenvalue weighted by Gasteiger charge is 2.25. The van der Waals surface area contributed by atoms with Gasteiger partial charge in [0, 0.05) is 11.5 Å². The van der Waals surface area contributed by atoms with Gasteiger partial charge in [0.1, 0.15) is 0 Å².